The van der Waals surface area contributed by atoms with Crippen LogP contribution in [-0.2, 0) is 11.2 Å². The summed E-state index contributed by atoms with van der Waals surface area (Å²) in [7, 11) is 3.81. The van der Waals surface area contributed by atoms with E-state index in [0.717, 1.165) is 55.4 Å². The highest BCUT2D eigenvalue weighted by Crippen LogP contribution is 2.37. The lowest BCUT2D eigenvalue weighted by atomic mass is 9.84. The van der Waals surface area contributed by atoms with Crippen LogP contribution in [0, 0.1) is 5.41 Å². The molecule has 1 aromatic carbocycles. The first-order valence-corrected chi connectivity index (χ1v) is 12.5. The minimum absolute atomic E-state index is 0.0156. The normalized spacial score (nSPS) is 18.4. The van der Waals surface area contributed by atoms with E-state index < -0.39 is 11.4 Å². The Morgan fingerprint density at radius 1 is 1.23 bits per heavy atom. The summed E-state index contributed by atoms with van der Waals surface area (Å²) in [4.78, 5) is 26.9. The quantitative estimate of drug-likeness (QED) is 0.611. The number of aromatic nitrogens is 1. The number of rotatable bonds is 7. The summed E-state index contributed by atoms with van der Waals surface area (Å²) >= 11 is 0. The number of carboxylic acids is 1. The second-order valence-corrected chi connectivity index (χ2v) is 10.7. The summed E-state index contributed by atoms with van der Waals surface area (Å²) in [5, 5.41) is 12.0. The molecule has 0 fully saturated rings. The van der Waals surface area contributed by atoms with Crippen LogP contribution < -0.4 is 15.9 Å². The molecule has 3 rings (SSSR count). The molecule has 35 heavy (non-hydrogen) atoms. The van der Waals surface area contributed by atoms with E-state index in [0.29, 0.717) is 0 Å². The van der Waals surface area contributed by atoms with E-state index in [1.54, 1.807) is 13.3 Å². The van der Waals surface area contributed by atoms with Crippen molar-refractivity contribution in [2.24, 2.45) is 5.41 Å². The number of benzene rings is 1. The van der Waals surface area contributed by atoms with Crippen LogP contribution in [-0.4, -0.2) is 47.9 Å². The Kier molecular flexibility index (Phi) is 8.26. The van der Waals surface area contributed by atoms with Gasteiger partial charge in [0.25, 0.3) is 0 Å². The molecule has 1 aliphatic heterocycles. The number of pyridine rings is 1. The molecule has 0 bridgehead atoms. The van der Waals surface area contributed by atoms with Gasteiger partial charge in [-0.1, -0.05) is 51.5 Å². The zero-order valence-electron chi connectivity index (χ0n) is 22.3. The standard InChI is InChI=1S/C29H40N2O4/c1-8-19(2)26-20(12-9-10-15-35-7)13-11-14-21(26)27-23-16-24(32)22(28(33)34)17-31(23)25(18-30(27)6)29(3,4)5/h11,13-14,16-17,25H,8-10,12,15,18H2,1-7H3,(H,33,34)/b26-19?,27-21-. The van der Waals surface area contributed by atoms with Gasteiger partial charge in [0.15, 0.2) is 5.43 Å². The van der Waals surface area contributed by atoms with E-state index in [-0.39, 0.29) is 17.0 Å². The van der Waals surface area contributed by atoms with Crippen LogP contribution in [0.1, 0.15) is 81.5 Å². The summed E-state index contributed by atoms with van der Waals surface area (Å²) < 4.78 is 7.26. The van der Waals surface area contributed by atoms with E-state index >= 15 is 0 Å². The highest BCUT2D eigenvalue weighted by molar-refractivity contribution is 5.87. The van der Waals surface area contributed by atoms with Crippen molar-refractivity contribution in [1.29, 1.82) is 0 Å². The number of hydrogen-bond donors (Lipinski definition) is 1. The van der Waals surface area contributed by atoms with Gasteiger partial charge in [-0.15, -0.1) is 0 Å². The maximum atomic E-state index is 12.9. The van der Waals surface area contributed by atoms with Gasteiger partial charge in [0.05, 0.1) is 17.4 Å². The molecule has 2 heterocycles. The molecule has 1 atom stereocenters. The fourth-order valence-electron chi connectivity index (χ4n) is 5.08. The number of aromatic carboxylic acids is 1. The number of nitrogens with zero attached hydrogens (tertiary/aromatic N) is 2. The molecule has 0 radical (unpaired) electrons. The number of ether oxygens (including phenoxy) is 1. The van der Waals surface area contributed by atoms with Crippen LogP contribution in [0.15, 0.2) is 35.3 Å². The summed E-state index contributed by atoms with van der Waals surface area (Å²) in [5.74, 6) is -1.19. The monoisotopic (exact) mass is 480 g/mol. The van der Waals surface area contributed by atoms with Crippen molar-refractivity contribution >= 4 is 17.2 Å². The predicted molar refractivity (Wildman–Crippen MR) is 141 cm³/mol. The van der Waals surface area contributed by atoms with Crippen LogP contribution >= 0.6 is 0 Å². The fraction of sp³-hybridized carbons (Fsp3) is 0.517. The molecule has 1 aromatic heterocycles. The molecule has 6 nitrogen and oxygen atoms in total. The van der Waals surface area contributed by atoms with Crippen molar-refractivity contribution in [2.45, 2.75) is 66.3 Å². The minimum atomic E-state index is -1.19. The Bertz CT molecular complexity index is 1270. The number of unbranched alkanes of at least 4 members (excludes halogenated alkanes) is 1. The molecule has 0 saturated heterocycles. The first-order chi connectivity index (χ1) is 16.5. The van der Waals surface area contributed by atoms with Gasteiger partial charge in [-0.05, 0) is 48.8 Å². The lowest BCUT2D eigenvalue weighted by Gasteiger charge is -2.43. The Hall–Kier alpha value is -2.86. The fourth-order valence-corrected chi connectivity index (χ4v) is 5.08. The molecule has 0 saturated carbocycles. The smallest absolute Gasteiger partial charge is 0.341 e. The van der Waals surface area contributed by atoms with Gasteiger partial charge in [0.1, 0.15) is 5.56 Å². The molecule has 190 valence electrons. The van der Waals surface area contributed by atoms with Crippen molar-refractivity contribution < 1.29 is 14.6 Å². The number of hydrogen-bond acceptors (Lipinski definition) is 4. The minimum Gasteiger partial charge on any atom is -0.477 e. The van der Waals surface area contributed by atoms with E-state index in [4.69, 9.17) is 4.74 Å². The van der Waals surface area contributed by atoms with Gasteiger partial charge in [0, 0.05) is 44.8 Å². The van der Waals surface area contributed by atoms with E-state index in [1.807, 2.05) is 4.57 Å². The third-order valence-electron chi connectivity index (χ3n) is 7.12. The van der Waals surface area contributed by atoms with E-state index in [9.17, 15) is 14.7 Å². The average Bonchev–Trinajstić information content (AvgIpc) is 2.79. The Morgan fingerprint density at radius 3 is 2.54 bits per heavy atom. The number of methoxy groups -OCH3 is 1. The SMILES string of the molecule is CCC(C)=c1c(CCCCOC)ccc/c1=C1\c2cc(=O)c(C(=O)O)cn2C(C(C)(C)C)CN1C. The first-order valence-electron chi connectivity index (χ1n) is 12.5. The molecule has 1 unspecified atom stereocenters. The van der Waals surface area contributed by atoms with Gasteiger partial charge >= 0.3 is 5.97 Å². The summed E-state index contributed by atoms with van der Waals surface area (Å²) in [6.07, 6.45) is 5.47. The van der Waals surface area contributed by atoms with Crippen molar-refractivity contribution in [2.75, 3.05) is 27.3 Å². The van der Waals surface area contributed by atoms with E-state index in [1.165, 1.54) is 22.4 Å². The van der Waals surface area contributed by atoms with Crippen molar-refractivity contribution in [1.82, 2.24) is 9.47 Å². The van der Waals surface area contributed by atoms with Crippen LogP contribution in [0.3, 0.4) is 0 Å². The molecule has 1 N–H and O–H groups in total. The molecule has 0 spiro atoms. The number of fused-ring (bicyclic) bond motifs is 1. The van der Waals surface area contributed by atoms with Gasteiger partial charge in [0.2, 0.25) is 0 Å². The number of likely N-dealkylation sites (N-methyl/N-ethyl adjacent to an activating group) is 1. The highest BCUT2D eigenvalue weighted by Gasteiger charge is 2.35. The summed E-state index contributed by atoms with van der Waals surface area (Å²) in [6, 6.07) is 7.96. The number of carboxylic acid groups (broad SMARTS) is 1. The van der Waals surface area contributed by atoms with Crippen molar-refractivity contribution in [3.8, 4) is 0 Å². The van der Waals surface area contributed by atoms with Crippen LogP contribution in [0.5, 0.6) is 0 Å². The first kappa shape index (κ1) is 26.7. The van der Waals surface area contributed by atoms with Crippen LogP contribution in [0.2, 0.25) is 0 Å². The zero-order valence-corrected chi connectivity index (χ0v) is 22.3. The Balaban J connectivity index is 2.41. The highest BCUT2D eigenvalue weighted by atomic mass is 16.5. The number of carbonyl (C=O) groups is 1. The van der Waals surface area contributed by atoms with Crippen LogP contribution in [0.4, 0.5) is 0 Å². The lowest BCUT2D eigenvalue weighted by Crippen LogP contribution is -2.46. The molecule has 0 aliphatic carbocycles. The Labute approximate surface area is 208 Å². The maximum absolute atomic E-state index is 12.9. The molecule has 0 amide bonds. The molecular weight excluding hydrogens is 440 g/mol. The average molecular weight is 481 g/mol. The molecule has 1 aliphatic rings. The Morgan fingerprint density at radius 2 is 1.94 bits per heavy atom. The summed E-state index contributed by atoms with van der Waals surface area (Å²) in [5.41, 5.74) is 3.58. The second-order valence-electron chi connectivity index (χ2n) is 10.7. The van der Waals surface area contributed by atoms with Crippen LogP contribution in [0.25, 0.3) is 11.3 Å². The molecule has 2 aromatic rings. The van der Waals surface area contributed by atoms with Gasteiger partial charge in [-0.3, -0.25) is 4.79 Å². The molecular formula is C29H40N2O4. The third-order valence-corrected chi connectivity index (χ3v) is 7.12. The summed E-state index contributed by atoms with van der Waals surface area (Å²) in [6.45, 7) is 12.3. The lowest BCUT2D eigenvalue weighted by molar-refractivity contribution is 0.0693. The van der Waals surface area contributed by atoms with Gasteiger partial charge in [-0.25, -0.2) is 4.79 Å². The zero-order chi connectivity index (χ0) is 25.9. The van der Waals surface area contributed by atoms with E-state index in [2.05, 4.69) is 64.8 Å². The maximum Gasteiger partial charge on any atom is 0.341 e. The van der Waals surface area contributed by atoms with Gasteiger partial charge < -0.3 is 19.3 Å². The van der Waals surface area contributed by atoms with Gasteiger partial charge in [-0.2, -0.15) is 0 Å². The second kappa shape index (κ2) is 10.8. The van der Waals surface area contributed by atoms with Crippen molar-refractivity contribution in [3.63, 3.8) is 0 Å². The largest absolute Gasteiger partial charge is 0.477 e. The predicted octanol–water partition coefficient (Wildman–Crippen LogP) is 3.79. The molecule has 6 heteroatoms. The van der Waals surface area contributed by atoms with Crippen molar-refractivity contribution in [3.05, 3.63) is 67.9 Å². The third kappa shape index (κ3) is 5.53. The topological polar surface area (TPSA) is 71.8 Å². The number of aryl methyl sites for hydroxylation is 1.